The summed E-state index contributed by atoms with van der Waals surface area (Å²) in [7, 11) is 0. The van der Waals surface area contributed by atoms with E-state index in [1.54, 1.807) is 18.6 Å². The molecule has 0 radical (unpaired) electrons. The molecule has 6 heteroatoms. The van der Waals surface area contributed by atoms with E-state index in [4.69, 9.17) is 23.2 Å². The molecule has 0 aliphatic heterocycles. The average Bonchev–Trinajstić information content (AvgIpc) is 3.89. The van der Waals surface area contributed by atoms with Gasteiger partial charge < -0.3 is 13.3 Å². The average molecular weight is 676 g/mol. The molecule has 258 valence electrons. The topological polar surface area (TPSA) is 78.1 Å². The van der Waals surface area contributed by atoms with E-state index in [-0.39, 0.29) is 16.2 Å². The maximum absolute atomic E-state index is 6.45. The van der Waals surface area contributed by atoms with Crippen molar-refractivity contribution in [3.05, 3.63) is 126 Å². The Hall–Kier alpha value is -5.49. The first-order valence-electron chi connectivity index (χ1n) is 17.5. The fourth-order valence-electron chi connectivity index (χ4n) is 6.05. The van der Waals surface area contributed by atoms with E-state index in [1.807, 2.05) is 18.2 Å². The molecule has 0 fully saturated rings. The van der Waals surface area contributed by atoms with Gasteiger partial charge in [0.05, 0.1) is 24.2 Å². The summed E-state index contributed by atoms with van der Waals surface area (Å²) in [6.07, 6.45) is 5.30. The van der Waals surface area contributed by atoms with Gasteiger partial charge in [0.25, 0.3) is 0 Å². The molecule has 4 aromatic carbocycles. The van der Waals surface area contributed by atoms with Crippen molar-refractivity contribution in [1.29, 1.82) is 0 Å². The third kappa shape index (κ3) is 7.09. The number of aromatic nitrogens is 3. The van der Waals surface area contributed by atoms with Gasteiger partial charge in [-0.1, -0.05) is 135 Å². The molecule has 0 saturated heterocycles. The lowest BCUT2D eigenvalue weighted by atomic mass is 9.86. The number of hydrogen-bond acceptors (Lipinski definition) is 6. The van der Waals surface area contributed by atoms with Crippen LogP contribution in [0.4, 0.5) is 0 Å². The lowest BCUT2D eigenvalue weighted by molar-refractivity contribution is 0.578. The molecule has 3 heterocycles. The van der Waals surface area contributed by atoms with E-state index in [0.717, 1.165) is 33.4 Å². The standard InChI is InChI=1S/C45H45N3O3/c1-43(2,3)32-17-10-28(11-18-32)37-25-46-40(49-37)31-16-23-35(41-47-26-38(50-41)29-12-19-33(20-13-29)44(4,5)6)36(24-31)42-48-27-39(51-42)30-14-21-34(22-15-30)45(7,8)9/h10-27H,1-9H3. The summed E-state index contributed by atoms with van der Waals surface area (Å²) in [6.45, 7) is 19.9. The Kier molecular flexibility index (Phi) is 8.45. The van der Waals surface area contributed by atoms with Gasteiger partial charge in [-0.05, 0) is 51.1 Å². The Morgan fingerprint density at radius 2 is 0.667 bits per heavy atom. The number of oxazole rings is 3. The molecule has 6 nitrogen and oxygen atoms in total. The van der Waals surface area contributed by atoms with E-state index in [1.165, 1.54) is 16.7 Å². The molecule has 0 aliphatic rings. The lowest BCUT2D eigenvalue weighted by Crippen LogP contribution is -2.10. The van der Waals surface area contributed by atoms with Crippen LogP contribution in [0, 0.1) is 0 Å². The molecule has 0 bridgehead atoms. The fourth-order valence-corrected chi connectivity index (χ4v) is 6.05. The predicted molar refractivity (Wildman–Crippen MR) is 205 cm³/mol. The minimum atomic E-state index is 0.0552. The summed E-state index contributed by atoms with van der Waals surface area (Å²) in [4.78, 5) is 14.1. The van der Waals surface area contributed by atoms with Crippen molar-refractivity contribution in [2.45, 2.75) is 78.6 Å². The van der Waals surface area contributed by atoms with Gasteiger partial charge in [0.2, 0.25) is 17.7 Å². The molecule has 51 heavy (non-hydrogen) atoms. The van der Waals surface area contributed by atoms with E-state index in [9.17, 15) is 0 Å². The quantitative estimate of drug-likeness (QED) is 0.175. The molecule has 0 atom stereocenters. The van der Waals surface area contributed by atoms with Gasteiger partial charge in [-0.3, -0.25) is 0 Å². The summed E-state index contributed by atoms with van der Waals surface area (Å²) in [5.74, 6) is 3.46. The highest BCUT2D eigenvalue weighted by Gasteiger charge is 2.22. The van der Waals surface area contributed by atoms with Crippen LogP contribution in [0.25, 0.3) is 68.3 Å². The van der Waals surface area contributed by atoms with Gasteiger partial charge in [-0.15, -0.1) is 0 Å². The van der Waals surface area contributed by atoms with E-state index < -0.39 is 0 Å². The van der Waals surface area contributed by atoms with Crippen LogP contribution >= 0.6 is 0 Å². The minimum absolute atomic E-state index is 0.0552. The van der Waals surface area contributed by atoms with Crippen LogP contribution in [0.1, 0.15) is 79.0 Å². The van der Waals surface area contributed by atoms with Gasteiger partial charge in [0, 0.05) is 27.8 Å². The monoisotopic (exact) mass is 675 g/mol. The highest BCUT2D eigenvalue weighted by Crippen LogP contribution is 2.39. The predicted octanol–water partition coefficient (Wildman–Crippen LogP) is 12.5. The second kappa shape index (κ2) is 12.7. The van der Waals surface area contributed by atoms with Crippen molar-refractivity contribution >= 4 is 0 Å². The number of hydrogen-bond donors (Lipinski definition) is 0. The van der Waals surface area contributed by atoms with Crippen molar-refractivity contribution in [2.75, 3.05) is 0 Å². The highest BCUT2D eigenvalue weighted by molar-refractivity contribution is 5.81. The van der Waals surface area contributed by atoms with E-state index >= 15 is 0 Å². The normalized spacial score (nSPS) is 12.4. The Morgan fingerprint density at radius 3 is 1.04 bits per heavy atom. The second-order valence-corrected chi connectivity index (χ2v) is 16.3. The summed E-state index contributed by atoms with van der Waals surface area (Å²) < 4.78 is 19.2. The molecule has 0 spiro atoms. The molecule has 3 aromatic heterocycles. The molecular weight excluding hydrogens is 631 g/mol. The number of rotatable bonds is 6. The van der Waals surface area contributed by atoms with Crippen molar-refractivity contribution in [1.82, 2.24) is 15.0 Å². The molecule has 7 rings (SSSR count). The molecule has 0 N–H and O–H groups in total. The van der Waals surface area contributed by atoms with Gasteiger partial charge in [0.15, 0.2) is 17.3 Å². The molecule has 0 amide bonds. The van der Waals surface area contributed by atoms with Crippen molar-refractivity contribution < 1.29 is 13.3 Å². The third-order valence-electron chi connectivity index (χ3n) is 9.35. The summed E-state index contributed by atoms with van der Waals surface area (Å²) in [6, 6.07) is 31.3. The van der Waals surface area contributed by atoms with Crippen molar-refractivity contribution in [3.63, 3.8) is 0 Å². The Morgan fingerprint density at radius 1 is 0.353 bits per heavy atom. The first-order valence-corrected chi connectivity index (χ1v) is 17.5. The molecule has 7 aromatic rings. The number of benzene rings is 4. The van der Waals surface area contributed by atoms with Gasteiger partial charge in [-0.25, -0.2) is 15.0 Å². The Labute approximate surface area is 300 Å². The Bertz CT molecular complexity index is 2280. The van der Waals surface area contributed by atoms with Crippen LogP contribution in [-0.2, 0) is 16.2 Å². The van der Waals surface area contributed by atoms with Crippen LogP contribution in [0.15, 0.2) is 123 Å². The molecular formula is C45H45N3O3. The van der Waals surface area contributed by atoms with Gasteiger partial charge in [0.1, 0.15) is 0 Å². The molecule has 0 saturated carbocycles. The van der Waals surface area contributed by atoms with Gasteiger partial charge in [-0.2, -0.15) is 0 Å². The summed E-state index contributed by atoms with van der Waals surface area (Å²) >= 11 is 0. The summed E-state index contributed by atoms with van der Waals surface area (Å²) in [5.41, 5.74) is 9.08. The lowest BCUT2D eigenvalue weighted by Gasteiger charge is -2.18. The molecule has 0 unspecified atom stereocenters. The highest BCUT2D eigenvalue weighted by atomic mass is 16.4. The van der Waals surface area contributed by atoms with Crippen molar-refractivity contribution in [2.24, 2.45) is 0 Å². The zero-order chi connectivity index (χ0) is 36.1. The fraction of sp³-hybridized carbons (Fsp3) is 0.267. The third-order valence-corrected chi connectivity index (χ3v) is 9.35. The van der Waals surface area contributed by atoms with Crippen molar-refractivity contribution in [3.8, 4) is 68.3 Å². The molecule has 0 aliphatic carbocycles. The Balaban J connectivity index is 1.26. The van der Waals surface area contributed by atoms with Crippen LogP contribution in [0.3, 0.4) is 0 Å². The van der Waals surface area contributed by atoms with E-state index in [0.29, 0.717) is 35.0 Å². The maximum Gasteiger partial charge on any atom is 0.227 e. The second-order valence-electron chi connectivity index (χ2n) is 16.3. The number of nitrogens with zero attached hydrogens (tertiary/aromatic N) is 3. The first kappa shape index (κ1) is 34.0. The smallest absolute Gasteiger partial charge is 0.227 e. The van der Waals surface area contributed by atoms with Crippen LogP contribution in [0.2, 0.25) is 0 Å². The van der Waals surface area contributed by atoms with Gasteiger partial charge >= 0.3 is 0 Å². The van der Waals surface area contributed by atoms with Crippen LogP contribution < -0.4 is 0 Å². The summed E-state index contributed by atoms with van der Waals surface area (Å²) in [5, 5.41) is 0. The first-order chi connectivity index (χ1) is 24.1. The van der Waals surface area contributed by atoms with E-state index in [2.05, 4.69) is 140 Å². The zero-order valence-corrected chi connectivity index (χ0v) is 31.0. The van der Waals surface area contributed by atoms with Crippen LogP contribution in [-0.4, -0.2) is 15.0 Å². The SMILES string of the molecule is CC(C)(C)c1ccc(-c2cnc(-c3ccc(-c4ncc(-c5ccc(C(C)(C)C)cc5)o4)c(-c4ncc(-c5ccc(C(C)(C)C)cc5)o4)c3)o2)cc1. The minimum Gasteiger partial charge on any atom is -0.436 e. The maximum atomic E-state index is 6.45. The van der Waals surface area contributed by atoms with Crippen LogP contribution in [0.5, 0.6) is 0 Å². The largest absolute Gasteiger partial charge is 0.436 e. The zero-order valence-electron chi connectivity index (χ0n) is 31.0.